The van der Waals surface area contributed by atoms with Crippen molar-refractivity contribution in [1.29, 1.82) is 0 Å². The first-order chi connectivity index (χ1) is 10.5. The number of halogens is 3. The summed E-state index contributed by atoms with van der Waals surface area (Å²) in [5.41, 5.74) is 0.448. The Labute approximate surface area is 135 Å². The highest BCUT2D eigenvalue weighted by molar-refractivity contribution is 6.42. The molecule has 0 saturated carbocycles. The zero-order valence-electron chi connectivity index (χ0n) is 11.1. The van der Waals surface area contributed by atoms with E-state index < -0.39 is 24.3 Å². The minimum Gasteiger partial charge on any atom is -0.452 e. The van der Waals surface area contributed by atoms with Gasteiger partial charge in [0.05, 0.1) is 15.6 Å². The summed E-state index contributed by atoms with van der Waals surface area (Å²) in [5, 5.41) is 2.92. The zero-order chi connectivity index (χ0) is 16.1. The molecule has 0 aliphatic rings. The van der Waals surface area contributed by atoms with Crippen LogP contribution >= 0.6 is 23.2 Å². The summed E-state index contributed by atoms with van der Waals surface area (Å²) in [5.74, 6) is -1.78. The molecule has 22 heavy (non-hydrogen) atoms. The van der Waals surface area contributed by atoms with Crippen LogP contribution in [-0.4, -0.2) is 18.5 Å². The number of anilines is 1. The maximum atomic E-state index is 13.0. The number of ether oxygens (including phenoxy) is 1. The summed E-state index contributed by atoms with van der Waals surface area (Å²) in [7, 11) is 0. The van der Waals surface area contributed by atoms with Gasteiger partial charge < -0.3 is 10.1 Å². The second-order valence-corrected chi connectivity index (χ2v) is 5.08. The zero-order valence-corrected chi connectivity index (χ0v) is 12.6. The summed E-state index contributed by atoms with van der Waals surface area (Å²) in [6, 6.07) is 9.60. The van der Waals surface area contributed by atoms with Crippen LogP contribution in [0.2, 0.25) is 10.0 Å². The van der Waals surface area contributed by atoms with Crippen LogP contribution in [0.5, 0.6) is 0 Å². The molecule has 4 nitrogen and oxygen atoms in total. The molecule has 2 aromatic carbocycles. The second-order valence-electron chi connectivity index (χ2n) is 4.26. The molecule has 0 aliphatic carbocycles. The van der Waals surface area contributed by atoms with Gasteiger partial charge in [0, 0.05) is 5.69 Å². The van der Waals surface area contributed by atoms with Crippen molar-refractivity contribution in [1.82, 2.24) is 0 Å². The first-order valence-electron chi connectivity index (χ1n) is 6.13. The van der Waals surface area contributed by atoms with Gasteiger partial charge in [-0.3, -0.25) is 4.79 Å². The predicted molar refractivity (Wildman–Crippen MR) is 81.8 cm³/mol. The van der Waals surface area contributed by atoms with Gasteiger partial charge in [0.25, 0.3) is 5.91 Å². The molecule has 0 fully saturated rings. The smallest absolute Gasteiger partial charge is 0.338 e. The van der Waals surface area contributed by atoms with Gasteiger partial charge in [0.15, 0.2) is 6.61 Å². The van der Waals surface area contributed by atoms with Crippen LogP contribution in [0.15, 0.2) is 42.5 Å². The Balaban J connectivity index is 1.90. The molecule has 0 aromatic heterocycles. The molecule has 0 aliphatic heterocycles. The van der Waals surface area contributed by atoms with Gasteiger partial charge in [0.1, 0.15) is 5.82 Å². The van der Waals surface area contributed by atoms with Crippen molar-refractivity contribution in [2.75, 3.05) is 11.9 Å². The summed E-state index contributed by atoms with van der Waals surface area (Å²) < 4.78 is 17.8. The Hall–Kier alpha value is -2.11. The van der Waals surface area contributed by atoms with E-state index >= 15 is 0 Å². The van der Waals surface area contributed by atoms with E-state index in [4.69, 9.17) is 27.9 Å². The number of carbonyl (C=O) groups is 2. The quantitative estimate of drug-likeness (QED) is 0.857. The van der Waals surface area contributed by atoms with Crippen LogP contribution in [0.3, 0.4) is 0 Å². The lowest BCUT2D eigenvalue weighted by atomic mass is 10.2. The lowest BCUT2D eigenvalue weighted by Crippen LogP contribution is -2.21. The number of hydrogen-bond donors (Lipinski definition) is 1. The molecule has 0 spiro atoms. The van der Waals surface area contributed by atoms with Crippen LogP contribution in [0, 0.1) is 5.82 Å². The number of nitrogens with one attached hydrogen (secondary N) is 1. The molecule has 114 valence electrons. The molecule has 2 aromatic rings. The topological polar surface area (TPSA) is 55.4 Å². The minimum absolute atomic E-state index is 0.174. The summed E-state index contributed by atoms with van der Waals surface area (Å²) in [4.78, 5) is 23.4. The molecule has 0 saturated heterocycles. The van der Waals surface area contributed by atoms with E-state index in [-0.39, 0.29) is 16.3 Å². The third-order valence-electron chi connectivity index (χ3n) is 2.60. The van der Waals surface area contributed by atoms with Crippen LogP contribution < -0.4 is 5.32 Å². The van der Waals surface area contributed by atoms with Crippen molar-refractivity contribution in [3.05, 3.63) is 63.9 Å². The third kappa shape index (κ3) is 4.44. The second kappa shape index (κ2) is 7.24. The van der Waals surface area contributed by atoms with Crippen molar-refractivity contribution in [3.63, 3.8) is 0 Å². The van der Waals surface area contributed by atoms with Crippen molar-refractivity contribution < 1.29 is 18.7 Å². The maximum absolute atomic E-state index is 13.0. The van der Waals surface area contributed by atoms with E-state index in [2.05, 4.69) is 5.32 Å². The molecule has 0 atom stereocenters. The van der Waals surface area contributed by atoms with Crippen molar-refractivity contribution in [3.8, 4) is 0 Å². The maximum Gasteiger partial charge on any atom is 0.338 e. The van der Waals surface area contributed by atoms with E-state index in [9.17, 15) is 14.0 Å². The molecule has 0 bridgehead atoms. The highest BCUT2D eigenvalue weighted by Crippen LogP contribution is 2.22. The van der Waals surface area contributed by atoms with Crippen LogP contribution in [0.1, 0.15) is 10.4 Å². The normalized spacial score (nSPS) is 10.1. The average molecular weight is 342 g/mol. The van der Waals surface area contributed by atoms with Crippen LogP contribution in [-0.2, 0) is 9.53 Å². The number of esters is 1. The number of benzene rings is 2. The molecule has 0 heterocycles. The SMILES string of the molecule is O=C(COC(=O)c1ccc(Cl)c(Cl)c1)Nc1cccc(F)c1. The molecule has 0 radical (unpaired) electrons. The highest BCUT2D eigenvalue weighted by Gasteiger charge is 2.12. The van der Waals surface area contributed by atoms with Crippen LogP contribution in [0.25, 0.3) is 0 Å². The first kappa shape index (κ1) is 16.3. The largest absolute Gasteiger partial charge is 0.452 e. The number of carbonyl (C=O) groups excluding carboxylic acids is 2. The van der Waals surface area contributed by atoms with Crippen molar-refractivity contribution >= 4 is 40.8 Å². The summed E-state index contributed by atoms with van der Waals surface area (Å²) in [6.07, 6.45) is 0. The van der Waals surface area contributed by atoms with Crippen molar-refractivity contribution in [2.45, 2.75) is 0 Å². The third-order valence-corrected chi connectivity index (χ3v) is 3.34. The monoisotopic (exact) mass is 341 g/mol. The molecule has 0 unspecified atom stereocenters. The fourth-order valence-electron chi connectivity index (χ4n) is 1.60. The molecular weight excluding hydrogens is 332 g/mol. The molecule has 1 N–H and O–H groups in total. The first-order valence-corrected chi connectivity index (χ1v) is 6.89. The van der Waals surface area contributed by atoms with E-state index in [1.807, 2.05) is 0 Å². The predicted octanol–water partition coefficient (Wildman–Crippen LogP) is 3.93. The minimum atomic E-state index is -0.715. The Morgan fingerprint density at radius 3 is 2.55 bits per heavy atom. The lowest BCUT2D eigenvalue weighted by molar-refractivity contribution is -0.119. The Kier molecular flexibility index (Phi) is 5.35. The fraction of sp³-hybridized carbons (Fsp3) is 0.0667. The average Bonchev–Trinajstić information content (AvgIpc) is 2.47. The lowest BCUT2D eigenvalue weighted by Gasteiger charge is -2.07. The number of hydrogen-bond acceptors (Lipinski definition) is 3. The van der Waals surface area contributed by atoms with E-state index in [1.54, 1.807) is 0 Å². The fourth-order valence-corrected chi connectivity index (χ4v) is 1.90. The van der Waals surface area contributed by atoms with Gasteiger partial charge in [0.2, 0.25) is 0 Å². The van der Waals surface area contributed by atoms with Crippen molar-refractivity contribution in [2.24, 2.45) is 0 Å². The summed E-state index contributed by atoms with van der Waals surface area (Å²) in [6.45, 7) is -0.504. The Morgan fingerprint density at radius 2 is 1.86 bits per heavy atom. The van der Waals surface area contributed by atoms with Gasteiger partial charge >= 0.3 is 5.97 Å². The van der Waals surface area contributed by atoms with Gasteiger partial charge in [-0.25, -0.2) is 9.18 Å². The molecule has 7 heteroatoms. The van der Waals surface area contributed by atoms with E-state index in [0.29, 0.717) is 5.02 Å². The van der Waals surface area contributed by atoms with Crippen LogP contribution in [0.4, 0.5) is 10.1 Å². The van der Waals surface area contributed by atoms with Gasteiger partial charge in [-0.05, 0) is 36.4 Å². The van der Waals surface area contributed by atoms with E-state index in [0.717, 1.165) is 6.07 Å². The van der Waals surface area contributed by atoms with Gasteiger partial charge in [-0.2, -0.15) is 0 Å². The number of rotatable bonds is 4. The summed E-state index contributed by atoms with van der Waals surface area (Å²) >= 11 is 11.5. The van der Waals surface area contributed by atoms with E-state index in [1.165, 1.54) is 36.4 Å². The Bertz CT molecular complexity index is 722. The Morgan fingerprint density at radius 1 is 1.09 bits per heavy atom. The molecule has 1 amide bonds. The highest BCUT2D eigenvalue weighted by atomic mass is 35.5. The standard InChI is InChI=1S/C15H10Cl2FNO3/c16-12-5-4-9(6-13(12)17)15(21)22-8-14(20)19-11-3-1-2-10(18)7-11/h1-7H,8H2,(H,19,20). The molecule has 2 rings (SSSR count). The molecular formula is C15H10Cl2FNO3. The van der Waals surface area contributed by atoms with Gasteiger partial charge in [-0.1, -0.05) is 29.3 Å². The number of amides is 1. The van der Waals surface area contributed by atoms with Gasteiger partial charge in [-0.15, -0.1) is 0 Å².